The Hall–Kier alpha value is -1.69. The van der Waals surface area contributed by atoms with E-state index in [1.807, 2.05) is 32.0 Å². The van der Waals surface area contributed by atoms with Crippen LogP contribution in [0, 0.1) is 15.5 Å². The van der Waals surface area contributed by atoms with Gasteiger partial charge in [0.2, 0.25) is 0 Å². The van der Waals surface area contributed by atoms with E-state index < -0.39 is 17.1 Å². The zero-order valence-corrected chi connectivity index (χ0v) is 13.9. The number of hydrogen-bond acceptors (Lipinski definition) is 4. The van der Waals surface area contributed by atoms with Crippen molar-refractivity contribution in [1.82, 2.24) is 0 Å². The SMILES string of the molecule is CC1(C)CC(=O)C2=C(C1)O[C@H]([N+](=O)[O-])[C@H]2c1cccc(Br)c1. The standard InChI is InChI=1S/C16H16BrNO4/c1-16(2)7-11(19)14-12(8-16)22-15(18(20)21)13(14)9-4-3-5-10(17)6-9/h3-6,13,15H,7-8H2,1-2H3/t13-,15-/m0/s1. The molecule has 0 N–H and O–H groups in total. The van der Waals surface area contributed by atoms with Crippen molar-refractivity contribution in [3.8, 4) is 0 Å². The molecule has 0 fully saturated rings. The van der Waals surface area contributed by atoms with E-state index >= 15 is 0 Å². The molecule has 0 saturated heterocycles. The first-order chi connectivity index (χ1) is 10.3. The first-order valence-corrected chi connectivity index (χ1v) is 7.90. The summed E-state index contributed by atoms with van der Waals surface area (Å²) in [7, 11) is 0. The van der Waals surface area contributed by atoms with Crippen molar-refractivity contribution in [2.24, 2.45) is 5.41 Å². The van der Waals surface area contributed by atoms with E-state index in [2.05, 4.69) is 15.9 Å². The summed E-state index contributed by atoms with van der Waals surface area (Å²) in [5.41, 5.74) is 0.997. The minimum Gasteiger partial charge on any atom is -0.433 e. The lowest BCUT2D eigenvalue weighted by atomic mass is 9.73. The normalized spacial score (nSPS) is 26.6. The molecule has 1 heterocycles. The number of nitro groups is 1. The molecule has 0 radical (unpaired) electrons. The molecule has 1 aliphatic carbocycles. The molecule has 116 valence electrons. The van der Waals surface area contributed by atoms with Crippen LogP contribution in [0.2, 0.25) is 0 Å². The molecule has 1 aliphatic heterocycles. The smallest absolute Gasteiger partial charge is 0.364 e. The van der Waals surface area contributed by atoms with Gasteiger partial charge in [0.15, 0.2) is 5.78 Å². The second-order valence-corrected chi connectivity index (χ2v) is 7.52. The fraction of sp³-hybridized carbons (Fsp3) is 0.438. The molecular formula is C16H16BrNO4. The van der Waals surface area contributed by atoms with E-state index in [1.165, 1.54) is 0 Å². The van der Waals surface area contributed by atoms with Crippen molar-refractivity contribution in [1.29, 1.82) is 0 Å². The lowest BCUT2D eigenvalue weighted by Gasteiger charge is -2.28. The second kappa shape index (κ2) is 5.19. The van der Waals surface area contributed by atoms with E-state index in [0.717, 1.165) is 10.0 Å². The molecule has 5 nitrogen and oxygen atoms in total. The maximum absolute atomic E-state index is 12.6. The van der Waals surface area contributed by atoms with Gasteiger partial charge < -0.3 is 4.74 Å². The number of ether oxygens (including phenoxy) is 1. The van der Waals surface area contributed by atoms with Gasteiger partial charge in [0, 0.05) is 17.3 Å². The molecule has 22 heavy (non-hydrogen) atoms. The van der Waals surface area contributed by atoms with E-state index in [1.54, 1.807) is 6.07 Å². The zero-order valence-electron chi connectivity index (χ0n) is 12.3. The number of Topliss-reactive ketones (excluding diaryl/α,β-unsaturated/α-hetero) is 1. The van der Waals surface area contributed by atoms with Crippen molar-refractivity contribution in [2.75, 3.05) is 0 Å². The first-order valence-electron chi connectivity index (χ1n) is 7.10. The van der Waals surface area contributed by atoms with Crippen molar-refractivity contribution in [2.45, 2.75) is 38.8 Å². The number of carbonyl (C=O) groups is 1. The fourth-order valence-corrected chi connectivity index (χ4v) is 3.70. The number of halogens is 1. The van der Waals surface area contributed by atoms with Gasteiger partial charge in [0.25, 0.3) is 0 Å². The Labute approximate surface area is 136 Å². The summed E-state index contributed by atoms with van der Waals surface area (Å²) in [6.45, 7) is 3.96. The second-order valence-electron chi connectivity index (χ2n) is 6.60. The van der Waals surface area contributed by atoms with Crippen LogP contribution in [0.15, 0.2) is 40.1 Å². The number of benzene rings is 1. The third-order valence-electron chi connectivity index (χ3n) is 4.15. The topological polar surface area (TPSA) is 69.4 Å². The van der Waals surface area contributed by atoms with Gasteiger partial charge in [-0.05, 0) is 23.1 Å². The van der Waals surface area contributed by atoms with E-state index in [-0.39, 0.29) is 11.2 Å². The number of nitrogens with zero attached hydrogens (tertiary/aromatic N) is 1. The van der Waals surface area contributed by atoms with E-state index in [4.69, 9.17) is 4.74 Å². The molecule has 3 rings (SSSR count). The summed E-state index contributed by atoms with van der Waals surface area (Å²) >= 11 is 3.38. The van der Waals surface area contributed by atoms with Crippen molar-refractivity contribution in [3.63, 3.8) is 0 Å². The van der Waals surface area contributed by atoms with Gasteiger partial charge >= 0.3 is 6.23 Å². The molecule has 6 heteroatoms. The van der Waals surface area contributed by atoms with Gasteiger partial charge in [0.05, 0.1) is 10.5 Å². The van der Waals surface area contributed by atoms with Gasteiger partial charge in [-0.15, -0.1) is 0 Å². The highest BCUT2D eigenvalue weighted by atomic mass is 79.9. The lowest BCUT2D eigenvalue weighted by Crippen LogP contribution is -2.28. The minimum atomic E-state index is -1.22. The predicted octanol–water partition coefficient (Wildman–Crippen LogP) is 3.81. The van der Waals surface area contributed by atoms with Crippen molar-refractivity contribution in [3.05, 3.63) is 55.7 Å². The molecule has 1 aromatic rings. The van der Waals surface area contributed by atoms with Crippen LogP contribution in [0.3, 0.4) is 0 Å². The summed E-state index contributed by atoms with van der Waals surface area (Å²) < 4.78 is 6.41. The van der Waals surface area contributed by atoms with Crippen LogP contribution in [0.25, 0.3) is 0 Å². The van der Waals surface area contributed by atoms with Gasteiger partial charge in [-0.3, -0.25) is 14.9 Å². The highest BCUT2D eigenvalue weighted by Crippen LogP contribution is 2.49. The van der Waals surface area contributed by atoms with Crippen LogP contribution < -0.4 is 0 Å². The summed E-state index contributed by atoms with van der Waals surface area (Å²) in [5.74, 6) is -0.181. The van der Waals surface area contributed by atoms with Gasteiger partial charge in [-0.1, -0.05) is 41.9 Å². The predicted molar refractivity (Wildman–Crippen MR) is 83.8 cm³/mol. The molecule has 0 amide bonds. The summed E-state index contributed by atoms with van der Waals surface area (Å²) in [4.78, 5) is 23.5. The van der Waals surface area contributed by atoms with Gasteiger partial charge in [-0.25, -0.2) is 0 Å². The molecule has 0 saturated carbocycles. The Kier molecular flexibility index (Phi) is 3.59. The van der Waals surface area contributed by atoms with Crippen molar-refractivity contribution >= 4 is 21.7 Å². The number of allylic oxidation sites excluding steroid dienone is 1. The Morgan fingerprint density at radius 3 is 2.73 bits per heavy atom. The molecule has 1 aromatic carbocycles. The van der Waals surface area contributed by atoms with Crippen LogP contribution in [0.4, 0.5) is 0 Å². The summed E-state index contributed by atoms with van der Waals surface area (Å²) in [6, 6.07) is 7.28. The maximum atomic E-state index is 12.6. The van der Waals surface area contributed by atoms with E-state index in [9.17, 15) is 14.9 Å². The summed E-state index contributed by atoms with van der Waals surface area (Å²) in [5, 5.41) is 11.4. The Morgan fingerprint density at radius 2 is 2.09 bits per heavy atom. The van der Waals surface area contributed by atoms with Crippen LogP contribution in [-0.2, 0) is 9.53 Å². The molecule has 0 bridgehead atoms. The molecule has 0 unspecified atom stereocenters. The average Bonchev–Trinajstić information content (AvgIpc) is 2.76. The molecule has 2 atom stereocenters. The van der Waals surface area contributed by atoms with Crippen LogP contribution in [0.1, 0.15) is 38.2 Å². The van der Waals surface area contributed by atoms with Gasteiger partial charge in [0.1, 0.15) is 11.7 Å². The maximum Gasteiger partial charge on any atom is 0.364 e. The Bertz CT molecular complexity index is 695. The fourth-order valence-electron chi connectivity index (χ4n) is 3.28. The summed E-state index contributed by atoms with van der Waals surface area (Å²) in [6.07, 6.45) is -0.273. The Balaban J connectivity index is 2.10. The lowest BCUT2D eigenvalue weighted by molar-refractivity contribution is -0.570. The van der Waals surface area contributed by atoms with E-state index in [0.29, 0.717) is 24.2 Å². The van der Waals surface area contributed by atoms with Crippen LogP contribution in [-0.4, -0.2) is 16.9 Å². The molecular weight excluding hydrogens is 350 g/mol. The molecule has 0 aromatic heterocycles. The van der Waals surface area contributed by atoms with Crippen LogP contribution >= 0.6 is 15.9 Å². The minimum absolute atomic E-state index is 0.0411. The van der Waals surface area contributed by atoms with Crippen molar-refractivity contribution < 1.29 is 14.5 Å². The highest BCUT2D eigenvalue weighted by molar-refractivity contribution is 9.10. The molecule has 0 spiro atoms. The number of rotatable bonds is 2. The molecule has 2 aliphatic rings. The van der Waals surface area contributed by atoms with Crippen LogP contribution in [0.5, 0.6) is 0 Å². The Morgan fingerprint density at radius 1 is 1.36 bits per heavy atom. The number of carbonyl (C=O) groups excluding carboxylic acids is 1. The highest BCUT2D eigenvalue weighted by Gasteiger charge is 2.51. The number of hydrogen-bond donors (Lipinski definition) is 0. The third-order valence-corrected chi connectivity index (χ3v) is 4.65. The largest absolute Gasteiger partial charge is 0.433 e. The number of ketones is 1. The van der Waals surface area contributed by atoms with Gasteiger partial charge in [-0.2, -0.15) is 0 Å². The average molecular weight is 366 g/mol. The third kappa shape index (κ3) is 2.56. The first kappa shape index (κ1) is 15.2. The zero-order chi connectivity index (χ0) is 16.1. The quantitative estimate of drug-likeness (QED) is 0.590. The monoisotopic (exact) mass is 365 g/mol.